The summed E-state index contributed by atoms with van der Waals surface area (Å²) in [6.45, 7) is 7.86. The van der Waals surface area contributed by atoms with Crippen LogP contribution < -0.4 is 5.32 Å². The minimum atomic E-state index is 0.600. The second kappa shape index (κ2) is 5.32. The van der Waals surface area contributed by atoms with Crippen LogP contribution in [0.2, 0.25) is 0 Å². The molecule has 2 heteroatoms. The summed E-state index contributed by atoms with van der Waals surface area (Å²) in [7, 11) is 0. The van der Waals surface area contributed by atoms with Gasteiger partial charge in [-0.15, -0.1) is 0 Å². The summed E-state index contributed by atoms with van der Waals surface area (Å²) in [5.41, 5.74) is 1.44. The van der Waals surface area contributed by atoms with Crippen molar-refractivity contribution in [1.29, 1.82) is 0 Å². The Kier molecular flexibility index (Phi) is 3.54. The summed E-state index contributed by atoms with van der Waals surface area (Å²) < 4.78 is 0. The molecule has 2 nitrogen and oxygen atoms in total. The first-order valence-electron chi connectivity index (χ1n) is 7.19. The van der Waals surface area contributed by atoms with E-state index in [9.17, 15) is 0 Å². The highest BCUT2D eigenvalue weighted by atomic mass is 15.2. The number of benzene rings is 2. The Hall–Kier alpha value is -1.38. The largest absolute Gasteiger partial charge is 0.314 e. The molecular weight excluding hydrogens is 232 g/mol. The summed E-state index contributed by atoms with van der Waals surface area (Å²) in [5.74, 6) is 0. The predicted molar refractivity (Wildman–Crippen MR) is 81.3 cm³/mol. The molecule has 100 valence electrons. The van der Waals surface area contributed by atoms with E-state index >= 15 is 0 Å². The van der Waals surface area contributed by atoms with E-state index in [0.29, 0.717) is 12.1 Å². The summed E-state index contributed by atoms with van der Waals surface area (Å²) in [6.07, 6.45) is 0. The molecule has 2 unspecified atom stereocenters. The number of fused-ring (bicyclic) bond motifs is 1. The third-order valence-electron chi connectivity index (χ3n) is 4.24. The van der Waals surface area contributed by atoms with Crippen molar-refractivity contribution in [2.24, 2.45) is 0 Å². The van der Waals surface area contributed by atoms with E-state index in [1.807, 2.05) is 0 Å². The van der Waals surface area contributed by atoms with E-state index < -0.39 is 0 Å². The molecule has 2 aromatic rings. The van der Waals surface area contributed by atoms with Crippen molar-refractivity contribution >= 4 is 10.8 Å². The number of hydrogen-bond acceptors (Lipinski definition) is 2. The molecule has 1 aliphatic rings. The van der Waals surface area contributed by atoms with Crippen molar-refractivity contribution in [3.8, 4) is 0 Å². The Morgan fingerprint density at radius 3 is 2.47 bits per heavy atom. The maximum absolute atomic E-state index is 3.50. The normalized spacial score (nSPS) is 24.7. The summed E-state index contributed by atoms with van der Waals surface area (Å²) in [5, 5.41) is 6.23. The van der Waals surface area contributed by atoms with E-state index in [0.717, 1.165) is 19.6 Å². The average Bonchev–Trinajstić information content (AvgIpc) is 2.43. The molecule has 0 bridgehead atoms. The first kappa shape index (κ1) is 12.6. The molecule has 1 heterocycles. The fourth-order valence-electron chi connectivity index (χ4n) is 3.11. The van der Waals surface area contributed by atoms with Gasteiger partial charge in [-0.05, 0) is 30.2 Å². The van der Waals surface area contributed by atoms with Gasteiger partial charge in [-0.25, -0.2) is 0 Å². The Balaban J connectivity index is 1.92. The molecule has 1 N–H and O–H groups in total. The summed E-state index contributed by atoms with van der Waals surface area (Å²) >= 11 is 0. The van der Waals surface area contributed by atoms with Gasteiger partial charge in [0.2, 0.25) is 0 Å². The molecule has 0 amide bonds. The van der Waals surface area contributed by atoms with Crippen molar-refractivity contribution in [3.05, 3.63) is 48.0 Å². The summed E-state index contributed by atoms with van der Waals surface area (Å²) in [6, 6.07) is 16.5. The molecule has 0 saturated carbocycles. The van der Waals surface area contributed by atoms with E-state index in [1.165, 1.54) is 16.3 Å². The minimum Gasteiger partial charge on any atom is -0.314 e. The maximum Gasteiger partial charge on any atom is 0.0246 e. The molecule has 1 saturated heterocycles. The molecule has 2 atom stereocenters. The fourth-order valence-corrected chi connectivity index (χ4v) is 3.11. The zero-order valence-electron chi connectivity index (χ0n) is 11.8. The van der Waals surface area contributed by atoms with Crippen molar-refractivity contribution < 1.29 is 0 Å². The topological polar surface area (TPSA) is 15.3 Å². The molecule has 2 aromatic carbocycles. The van der Waals surface area contributed by atoms with E-state index in [1.54, 1.807) is 0 Å². The van der Waals surface area contributed by atoms with Crippen molar-refractivity contribution in [1.82, 2.24) is 10.2 Å². The number of piperazine rings is 1. The van der Waals surface area contributed by atoms with Crippen molar-refractivity contribution in [2.75, 3.05) is 13.1 Å². The van der Waals surface area contributed by atoms with Crippen molar-refractivity contribution in [3.63, 3.8) is 0 Å². The Morgan fingerprint density at radius 1 is 1.00 bits per heavy atom. The molecule has 3 rings (SSSR count). The van der Waals surface area contributed by atoms with Gasteiger partial charge in [0.25, 0.3) is 0 Å². The van der Waals surface area contributed by atoms with Gasteiger partial charge in [-0.1, -0.05) is 42.5 Å². The first-order chi connectivity index (χ1) is 9.25. The Labute approximate surface area is 115 Å². The second-order valence-electron chi connectivity index (χ2n) is 5.67. The molecule has 0 radical (unpaired) electrons. The maximum atomic E-state index is 3.50. The van der Waals surface area contributed by atoms with Gasteiger partial charge in [-0.2, -0.15) is 0 Å². The van der Waals surface area contributed by atoms with E-state index in [4.69, 9.17) is 0 Å². The van der Waals surface area contributed by atoms with Gasteiger partial charge in [0.05, 0.1) is 0 Å². The van der Waals surface area contributed by atoms with Gasteiger partial charge < -0.3 is 5.32 Å². The second-order valence-corrected chi connectivity index (χ2v) is 5.67. The number of nitrogens with zero attached hydrogens (tertiary/aromatic N) is 1. The van der Waals surface area contributed by atoms with Crippen LogP contribution in [0.3, 0.4) is 0 Å². The standard InChI is InChI=1S/C17H22N2/c1-13-10-18-11-14(2)19(13)12-16-8-5-7-15-6-3-4-9-17(15)16/h3-9,13-14,18H,10-12H2,1-2H3. The van der Waals surface area contributed by atoms with Gasteiger partial charge in [0, 0.05) is 31.7 Å². The third kappa shape index (κ3) is 2.51. The average molecular weight is 254 g/mol. The number of rotatable bonds is 2. The molecule has 0 spiro atoms. The lowest BCUT2D eigenvalue weighted by Gasteiger charge is -2.39. The lowest BCUT2D eigenvalue weighted by Crippen LogP contribution is -2.54. The number of nitrogens with one attached hydrogen (secondary N) is 1. The molecule has 19 heavy (non-hydrogen) atoms. The van der Waals surface area contributed by atoms with Gasteiger partial charge in [-0.3, -0.25) is 4.90 Å². The van der Waals surface area contributed by atoms with Crippen LogP contribution in [0.1, 0.15) is 19.4 Å². The monoisotopic (exact) mass is 254 g/mol. The minimum absolute atomic E-state index is 0.600. The molecular formula is C17H22N2. The molecule has 1 fully saturated rings. The highest BCUT2D eigenvalue weighted by molar-refractivity contribution is 5.85. The number of hydrogen-bond donors (Lipinski definition) is 1. The molecule has 0 aliphatic carbocycles. The van der Waals surface area contributed by atoms with Gasteiger partial charge in [0.15, 0.2) is 0 Å². The van der Waals surface area contributed by atoms with Gasteiger partial charge >= 0.3 is 0 Å². The van der Waals surface area contributed by atoms with Crippen LogP contribution in [0.15, 0.2) is 42.5 Å². The van der Waals surface area contributed by atoms with Crippen LogP contribution >= 0.6 is 0 Å². The predicted octanol–water partition coefficient (Wildman–Crippen LogP) is 3.02. The Bertz CT molecular complexity index is 549. The summed E-state index contributed by atoms with van der Waals surface area (Å²) in [4.78, 5) is 2.61. The fraction of sp³-hybridized carbons (Fsp3) is 0.412. The quantitative estimate of drug-likeness (QED) is 0.886. The zero-order chi connectivity index (χ0) is 13.2. The highest BCUT2D eigenvalue weighted by Gasteiger charge is 2.24. The highest BCUT2D eigenvalue weighted by Crippen LogP contribution is 2.22. The third-order valence-corrected chi connectivity index (χ3v) is 4.24. The lowest BCUT2D eigenvalue weighted by atomic mass is 10.0. The Morgan fingerprint density at radius 2 is 1.68 bits per heavy atom. The van der Waals surface area contributed by atoms with E-state index in [2.05, 4.69) is 66.5 Å². The van der Waals surface area contributed by atoms with E-state index in [-0.39, 0.29) is 0 Å². The zero-order valence-corrected chi connectivity index (χ0v) is 11.8. The molecule has 1 aliphatic heterocycles. The van der Waals surface area contributed by atoms with Gasteiger partial charge in [0.1, 0.15) is 0 Å². The van der Waals surface area contributed by atoms with Crippen LogP contribution in [0.25, 0.3) is 10.8 Å². The van der Waals surface area contributed by atoms with Crippen LogP contribution in [0, 0.1) is 0 Å². The van der Waals surface area contributed by atoms with Crippen LogP contribution in [-0.2, 0) is 6.54 Å². The smallest absolute Gasteiger partial charge is 0.0246 e. The van der Waals surface area contributed by atoms with Crippen LogP contribution in [0.5, 0.6) is 0 Å². The van der Waals surface area contributed by atoms with Crippen LogP contribution in [0.4, 0.5) is 0 Å². The lowest BCUT2D eigenvalue weighted by molar-refractivity contribution is 0.109. The van der Waals surface area contributed by atoms with Crippen LogP contribution in [-0.4, -0.2) is 30.1 Å². The SMILES string of the molecule is CC1CNCC(C)N1Cc1cccc2ccccc12. The first-order valence-corrected chi connectivity index (χ1v) is 7.19. The molecule has 0 aromatic heterocycles. The van der Waals surface area contributed by atoms with Crippen molar-refractivity contribution in [2.45, 2.75) is 32.5 Å².